The molecule has 0 radical (unpaired) electrons. The van der Waals surface area contributed by atoms with Crippen molar-refractivity contribution in [2.75, 3.05) is 5.73 Å². The molecule has 0 amide bonds. The number of aryl methyl sites for hydroxylation is 1. The van der Waals surface area contributed by atoms with Gasteiger partial charge in [0, 0.05) is 16.1 Å². The van der Waals surface area contributed by atoms with E-state index in [0.29, 0.717) is 21.5 Å². The SMILES string of the molecule is Cc1ccc(Cl)c(C(C)Oc2cc(C#CC(C)(C)N)ccc2N)c1Cl. The van der Waals surface area contributed by atoms with Crippen LogP contribution in [0.5, 0.6) is 5.75 Å². The number of nitrogens with two attached hydrogens (primary N) is 2. The minimum absolute atomic E-state index is 0.364. The molecule has 0 saturated heterocycles. The van der Waals surface area contributed by atoms with Crippen LogP contribution in [0.4, 0.5) is 5.69 Å². The predicted octanol–water partition coefficient (Wildman–Crippen LogP) is 5.11. The predicted molar refractivity (Wildman–Crippen MR) is 106 cm³/mol. The highest BCUT2D eigenvalue weighted by Crippen LogP contribution is 2.36. The van der Waals surface area contributed by atoms with Gasteiger partial charge in [-0.1, -0.05) is 41.1 Å². The van der Waals surface area contributed by atoms with Crippen LogP contribution in [0, 0.1) is 18.8 Å². The van der Waals surface area contributed by atoms with Crippen LogP contribution in [0.2, 0.25) is 10.0 Å². The lowest BCUT2D eigenvalue weighted by molar-refractivity contribution is 0.228. The van der Waals surface area contributed by atoms with Crippen molar-refractivity contribution in [2.45, 2.75) is 39.3 Å². The molecule has 0 saturated carbocycles. The zero-order valence-corrected chi connectivity index (χ0v) is 16.3. The summed E-state index contributed by atoms with van der Waals surface area (Å²) < 4.78 is 6.03. The first-order valence-corrected chi connectivity index (χ1v) is 8.67. The summed E-state index contributed by atoms with van der Waals surface area (Å²) in [6.07, 6.45) is -0.364. The summed E-state index contributed by atoms with van der Waals surface area (Å²) in [5, 5.41) is 1.15. The zero-order chi connectivity index (χ0) is 18.8. The molecular weight excluding hydrogens is 355 g/mol. The van der Waals surface area contributed by atoms with E-state index in [1.165, 1.54) is 0 Å². The van der Waals surface area contributed by atoms with E-state index >= 15 is 0 Å². The summed E-state index contributed by atoms with van der Waals surface area (Å²) in [6.45, 7) is 7.50. The van der Waals surface area contributed by atoms with Gasteiger partial charge in [-0.05, 0) is 57.5 Å². The van der Waals surface area contributed by atoms with Crippen LogP contribution >= 0.6 is 23.2 Å². The maximum absolute atomic E-state index is 6.40. The van der Waals surface area contributed by atoms with Crippen molar-refractivity contribution < 1.29 is 4.74 Å². The number of anilines is 1. The van der Waals surface area contributed by atoms with Gasteiger partial charge in [0.2, 0.25) is 0 Å². The van der Waals surface area contributed by atoms with Crippen LogP contribution in [-0.2, 0) is 0 Å². The van der Waals surface area contributed by atoms with Gasteiger partial charge < -0.3 is 16.2 Å². The Morgan fingerprint density at radius 2 is 1.84 bits per heavy atom. The molecule has 0 spiro atoms. The minimum atomic E-state index is -0.571. The van der Waals surface area contributed by atoms with E-state index in [9.17, 15) is 0 Å². The molecule has 0 aromatic heterocycles. The quantitative estimate of drug-likeness (QED) is 0.577. The Hall–Kier alpha value is -1.86. The van der Waals surface area contributed by atoms with Crippen LogP contribution in [0.25, 0.3) is 0 Å². The lowest BCUT2D eigenvalue weighted by Crippen LogP contribution is -2.29. The van der Waals surface area contributed by atoms with Crippen LogP contribution in [0.15, 0.2) is 30.3 Å². The molecule has 2 aromatic carbocycles. The van der Waals surface area contributed by atoms with Gasteiger partial charge in [0.15, 0.2) is 0 Å². The van der Waals surface area contributed by atoms with Gasteiger partial charge in [-0.15, -0.1) is 0 Å². The van der Waals surface area contributed by atoms with Gasteiger partial charge in [0.25, 0.3) is 0 Å². The maximum atomic E-state index is 6.40. The van der Waals surface area contributed by atoms with Gasteiger partial charge in [-0.3, -0.25) is 0 Å². The number of halogens is 2. The number of hydrogen-bond donors (Lipinski definition) is 2. The van der Waals surface area contributed by atoms with Crippen molar-refractivity contribution in [3.63, 3.8) is 0 Å². The number of benzene rings is 2. The van der Waals surface area contributed by atoms with E-state index in [1.807, 2.05) is 45.9 Å². The van der Waals surface area contributed by atoms with Crippen LogP contribution < -0.4 is 16.2 Å². The molecule has 0 bridgehead atoms. The number of rotatable bonds is 3. The highest BCUT2D eigenvalue weighted by atomic mass is 35.5. The molecule has 2 aromatic rings. The molecule has 1 atom stereocenters. The fourth-order valence-electron chi connectivity index (χ4n) is 2.25. The van der Waals surface area contributed by atoms with E-state index in [2.05, 4.69) is 11.8 Å². The lowest BCUT2D eigenvalue weighted by atomic mass is 10.1. The lowest BCUT2D eigenvalue weighted by Gasteiger charge is -2.20. The topological polar surface area (TPSA) is 61.3 Å². The summed E-state index contributed by atoms with van der Waals surface area (Å²) in [5.41, 5.74) is 14.3. The molecule has 0 aliphatic heterocycles. The Morgan fingerprint density at radius 3 is 2.48 bits per heavy atom. The summed E-state index contributed by atoms with van der Waals surface area (Å²) >= 11 is 12.7. The second kappa shape index (κ2) is 7.58. The Morgan fingerprint density at radius 1 is 1.16 bits per heavy atom. The summed E-state index contributed by atoms with van der Waals surface area (Å²) in [6, 6.07) is 9.07. The van der Waals surface area contributed by atoms with Gasteiger partial charge in [0.05, 0.1) is 16.2 Å². The van der Waals surface area contributed by atoms with Crippen LogP contribution in [-0.4, -0.2) is 5.54 Å². The molecule has 0 fully saturated rings. The average molecular weight is 377 g/mol. The minimum Gasteiger partial charge on any atom is -0.484 e. The summed E-state index contributed by atoms with van der Waals surface area (Å²) in [5.74, 6) is 6.55. The van der Waals surface area contributed by atoms with Crippen LogP contribution in [0.3, 0.4) is 0 Å². The standard InChI is InChI=1S/C20H22Cl2N2O/c1-12-5-7-15(21)18(19(12)22)13(2)25-17-11-14(6-8-16(17)23)9-10-20(3,4)24/h5-8,11,13H,23-24H2,1-4H3. The number of hydrogen-bond acceptors (Lipinski definition) is 3. The first-order valence-electron chi connectivity index (χ1n) is 7.91. The zero-order valence-electron chi connectivity index (χ0n) is 14.8. The largest absolute Gasteiger partial charge is 0.484 e. The van der Waals surface area contributed by atoms with Crippen molar-refractivity contribution in [3.05, 3.63) is 57.1 Å². The van der Waals surface area contributed by atoms with Crippen molar-refractivity contribution in [1.82, 2.24) is 0 Å². The monoisotopic (exact) mass is 376 g/mol. The van der Waals surface area contributed by atoms with Gasteiger partial charge >= 0.3 is 0 Å². The number of nitrogen functional groups attached to an aromatic ring is 1. The summed E-state index contributed by atoms with van der Waals surface area (Å²) in [4.78, 5) is 0. The second-order valence-corrected chi connectivity index (χ2v) is 7.36. The first kappa shape index (κ1) is 19.5. The molecular formula is C20H22Cl2N2O. The van der Waals surface area contributed by atoms with Crippen molar-refractivity contribution in [3.8, 4) is 17.6 Å². The summed E-state index contributed by atoms with van der Waals surface area (Å²) in [7, 11) is 0. The normalized spacial score (nSPS) is 12.3. The third-order valence-electron chi connectivity index (χ3n) is 3.57. The maximum Gasteiger partial charge on any atom is 0.144 e. The average Bonchev–Trinajstić information content (AvgIpc) is 2.51. The molecule has 3 nitrogen and oxygen atoms in total. The highest BCUT2D eigenvalue weighted by Gasteiger charge is 2.18. The Balaban J connectivity index is 2.34. The molecule has 5 heteroatoms. The van der Waals surface area contributed by atoms with E-state index in [-0.39, 0.29) is 6.10 Å². The van der Waals surface area contributed by atoms with Gasteiger partial charge in [-0.2, -0.15) is 0 Å². The fraction of sp³-hybridized carbons (Fsp3) is 0.300. The third kappa shape index (κ3) is 5.06. The van der Waals surface area contributed by atoms with Crippen molar-refractivity contribution in [2.24, 2.45) is 5.73 Å². The molecule has 132 valence electrons. The van der Waals surface area contributed by atoms with Gasteiger partial charge in [0.1, 0.15) is 11.9 Å². The van der Waals surface area contributed by atoms with Crippen LogP contribution in [0.1, 0.15) is 43.6 Å². The molecule has 4 N–H and O–H groups in total. The molecule has 0 aliphatic carbocycles. The number of ether oxygens (including phenoxy) is 1. The van der Waals surface area contributed by atoms with Gasteiger partial charge in [-0.25, -0.2) is 0 Å². The third-order valence-corrected chi connectivity index (χ3v) is 4.40. The Bertz CT molecular complexity index is 845. The molecule has 0 aliphatic rings. The van der Waals surface area contributed by atoms with E-state index < -0.39 is 5.54 Å². The molecule has 2 rings (SSSR count). The smallest absolute Gasteiger partial charge is 0.144 e. The van der Waals surface area contributed by atoms with Crippen molar-refractivity contribution in [1.29, 1.82) is 0 Å². The van der Waals surface area contributed by atoms with Crippen molar-refractivity contribution >= 4 is 28.9 Å². The molecule has 0 heterocycles. The molecule has 25 heavy (non-hydrogen) atoms. The highest BCUT2D eigenvalue weighted by molar-refractivity contribution is 6.36. The Labute approximate surface area is 159 Å². The van der Waals surface area contributed by atoms with E-state index in [1.54, 1.807) is 12.1 Å². The van der Waals surface area contributed by atoms with E-state index in [4.69, 9.17) is 39.4 Å². The Kier molecular flexibility index (Phi) is 5.90. The second-order valence-electron chi connectivity index (χ2n) is 6.58. The fourth-order valence-corrected chi connectivity index (χ4v) is 2.93. The first-order chi connectivity index (χ1) is 11.6. The molecule has 1 unspecified atom stereocenters. The van der Waals surface area contributed by atoms with E-state index in [0.717, 1.165) is 16.7 Å².